The summed E-state index contributed by atoms with van der Waals surface area (Å²) in [4.78, 5) is 0. The first kappa shape index (κ1) is 13.3. The molecule has 0 aliphatic heterocycles. The number of hydrogen-bond donors (Lipinski definition) is 1. The molecule has 0 aromatic carbocycles. The molecule has 1 aliphatic rings. The molecule has 0 saturated carbocycles. The third kappa shape index (κ3) is 12.8. The van der Waals surface area contributed by atoms with Crippen molar-refractivity contribution in [3.8, 4) is 0 Å². The second-order valence-corrected chi connectivity index (χ2v) is 2.28. The van der Waals surface area contributed by atoms with Crippen LogP contribution in [0.3, 0.4) is 0 Å². The molecule has 2 heteroatoms. The van der Waals surface area contributed by atoms with Gasteiger partial charge in [0.05, 0.1) is 0 Å². The topological polar surface area (TPSA) is 26.0 Å². The van der Waals surface area contributed by atoms with Crippen LogP contribution in [-0.2, 0) is 0 Å². The first-order valence-corrected chi connectivity index (χ1v) is 3.87. The van der Waals surface area contributed by atoms with E-state index in [4.69, 9.17) is 5.73 Å². The van der Waals surface area contributed by atoms with Crippen LogP contribution in [0.15, 0.2) is 24.8 Å². The second-order valence-electron chi connectivity index (χ2n) is 2.28. The van der Waals surface area contributed by atoms with Gasteiger partial charge in [-0.3, -0.25) is 0 Å². The van der Waals surface area contributed by atoms with E-state index in [0.717, 1.165) is 0 Å². The molecule has 0 bridgehead atoms. The largest absolute Gasteiger partial charge is 0.327 e. The molecule has 0 atom stereocenters. The molecule has 1 aliphatic carbocycles. The Morgan fingerprint density at radius 1 is 1.27 bits per heavy atom. The molecule has 0 radical (unpaired) electrons. The Labute approximate surface area is 75.8 Å². The molecule has 0 aromatic rings. The van der Waals surface area contributed by atoms with Crippen molar-refractivity contribution in [2.75, 3.05) is 6.54 Å². The Bertz CT molecular complexity index is 91.7. The molecular formula is C9H18ClN. The third-order valence-electron chi connectivity index (χ3n) is 1.32. The van der Waals surface area contributed by atoms with Crippen molar-refractivity contribution in [3.05, 3.63) is 24.8 Å². The van der Waals surface area contributed by atoms with Gasteiger partial charge in [-0.1, -0.05) is 18.2 Å². The Morgan fingerprint density at radius 2 is 1.64 bits per heavy atom. The Hall–Kier alpha value is -0.270. The van der Waals surface area contributed by atoms with Gasteiger partial charge in [0.25, 0.3) is 0 Å². The van der Waals surface area contributed by atoms with E-state index in [1.54, 1.807) is 6.08 Å². The third-order valence-corrected chi connectivity index (χ3v) is 1.32. The predicted octanol–water partition coefficient (Wildman–Crippen LogP) is 2.67. The van der Waals surface area contributed by atoms with E-state index in [-0.39, 0.29) is 12.4 Å². The van der Waals surface area contributed by atoms with Gasteiger partial charge in [0.2, 0.25) is 0 Å². The minimum atomic E-state index is 0. The smallest absolute Gasteiger partial charge is 0.0104 e. The molecule has 1 rings (SSSR count). The van der Waals surface area contributed by atoms with Gasteiger partial charge < -0.3 is 5.73 Å². The van der Waals surface area contributed by atoms with Gasteiger partial charge in [0.15, 0.2) is 0 Å². The van der Waals surface area contributed by atoms with Gasteiger partial charge in [-0.2, -0.15) is 0 Å². The second kappa shape index (κ2) is 12.4. The van der Waals surface area contributed by atoms with E-state index in [0.29, 0.717) is 6.54 Å². The minimum absolute atomic E-state index is 0. The summed E-state index contributed by atoms with van der Waals surface area (Å²) in [7, 11) is 0. The van der Waals surface area contributed by atoms with Gasteiger partial charge in [-0.05, 0) is 25.7 Å². The van der Waals surface area contributed by atoms with Crippen molar-refractivity contribution in [2.24, 2.45) is 5.73 Å². The van der Waals surface area contributed by atoms with Crippen molar-refractivity contribution in [1.82, 2.24) is 0 Å². The first-order chi connectivity index (χ1) is 4.91. The lowest BCUT2D eigenvalue weighted by Gasteiger charge is -1.97. The van der Waals surface area contributed by atoms with E-state index in [9.17, 15) is 0 Å². The van der Waals surface area contributed by atoms with Gasteiger partial charge in [-0.15, -0.1) is 19.0 Å². The molecule has 0 amide bonds. The monoisotopic (exact) mass is 175 g/mol. The number of hydrogen-bond acceptors (Lipinski definition) is 1. The van der Waals surface area contributed by atoms with Crippen molar-refractivity contribution in [1.29, 1.82) is 0 Å². The maximum Gasteiger partial charge on any atom is 0.0104 e. The SMILES string of the molecule is C1=CCCCC1.C=CCN.Cl. The average Bonchev–Trinajstić information content (AvgIpc) is 2.08. The van der Waals surface area contributed by atoms with Crippen LogP contribution in [0.2, 0.25) is 0 Å². The molecule has 0 fully saturated rings. The zero-order chi connectivity index (χ0) is 7.66. The molecule has 1 nitrogen and oxygen atoms in total. The van der Waals surface area contributed by atoms with E-state index in [1.165, 1.54) is 25.7 Å². The van der Waals surface area contributed by atoms with E-state index < -0.39 is 0 Å². The summed E-state index contributed by atoms with van der Waals surface area (Å²) in [5.41, 5.74) is 4.91. The van der Waals surface area contributed by atoms with Gasteiger partial charge in [-0.25, -0.2) is 0 Å². The average molecular weight is 176 g/mol. The first-order valence-electron chi connectivity index (χ1n) is 3.87. The lowest BCUT2D eigenvalue weighted by molar-refractivity contribution is 0.730. The Balaban J connectivity index is 0. The van der Waals surface area contributed by atoms with Crippen LogP contribution in [0.25, 0.3) is 0 Å². The number of allylic oxidation sites excluding steroid dienone is 2. The van der Waals surface area contributed by atoms with Crippen molar-refractivity contribution < 1.29 is 0 Å². The fraction of sp³-hybridized carbons (Fsp3) is 0.556. The van der Waals surface area contributed by atoms with Gasteiger partial charge >= 0.3 is 0 Å². The fourth-order valence-corrected chi connectivity index (χ4v) is 0.760. The quantitative estimate of drug-likeness (QED) is 0.610. The van der Waals surface area contributed by atoms with Crippen molar-refractivity contribution in [3.63, 3.8) is 0 Å². The van der Waals surface area contributed by atoms with E-state index in [1.807, 2.05) is 0 Å². The molecule has 0 heterocycles. The van der Waals surface area contributed by atoms with Crippen LogP contribution in [0, 0.1) is 0 Å². The molecule has 0 saturated heterocycles. The summed E-state index contributed by atoms with van der Waals surface area (Å²) >= 11 is 0. The molecule has 0 aromatic heterocycles. The highest BCUT2D eigenvalue weighted by atomic mass is 35.5. The lowest BCUT2D eigenvalue weighted by Crippen LogP contribution is -1.90. The van der Waals surface area contributed by atoms with Crippen LogP contribution in [0.5, 0.6) is 0 Å². The highest BCUT2D eigenvalue weighted by molar-refractivity contribution is 5.85. The molecule has 0 spiro atoms. The minimum Gasteiger partial charge on any atom is -0.327 e. The summed E-state index contributed by atoms with van der Waals surface area (Å²) < 4.78 is 0. The van der Waals surface area contributed by atoms with Crippen LogP contribution >= 0.6 is 12.4 Å². The fourth-order valence-electron chi connectivity index (χ4n) is 0.760. The van der Waals surface area contributed by atoms with Crippen LogP contribution in [0.4, 0.5) is 0 Å². The van der Waals surface area contributed by atoms with Crippen LogP contribution < -0.4 is 5.73 Å². The maximum atomic E-state index is 4.91. The van der Waals surface area contributed by atoms with Crippen LogP contribution in [0.1, 0.15) is 25.7 Å². The van der Waals surface area contributed by atoms with E-state index in [2.05, 4.69) is 18.7 Å². The number of rotatable bonds is 1. The molecule has 66 valence electrons. The van der Waals surface area contributed by atoms with E-state index >= 15 is 0 Å². The predicted molar refractivity (Wildman–Crippen MR) is 54.1 cm³/mol. The normalized spacial score (nSPS) is 13.9. The van der Waals surface area contributed by atoms with Gasteiger partial charge in [0.1, 0.15) is 0 Å². The van der Waals surface area contributed by atoms with Gasteiger partial charge in [0, 0.05) is 6.54 Å². The Kier molecular flexibility index (Phi) is 15.0. The molecule has 2 N–H and O–H groups in total. The summed E-state index contributed by atoms with van der Waals surface area (Å²) in [5, 5.41) is 0. The summed E-state index contributed by atoms with van der Waals surface area (Å²) in [5.74, 6) is 0. The number of nitrogens with two attached hydrogens (primary N) is 1. The van der Waals surface area contributed by atoms with Crippen LogP contribution in [-0.4, -0.2) is 6.54 Å². The summed E-state index contributed by atoms with van der Waals surface area (Å²) in [6, 6.07) is 0. The molecule has 0 unspecified atom stereocenters. The number of halogens is 1. The lowest BCUT2D eigenvalue weighted by atomic mass is 10.1. The maximum absolute atomic E-state index is 4.91. The highest BCUT2D eigenvalue weighted by Gasteiger charge is 1.87. The van der Waals surface area contributed by atoms with Crippen molar-refractivity contribution >= 4 is 12.4 Å². The van der Waals surface area contributed by atoms with Crippen molar-refractivity contribution in [2.45, 2.75) is 25.7 Å². The Morgan fingerprint density at radius 3 is 1.73 bits per heavy atom. The molecule has 11 heavy (non-hydrogen) atoms. The zero-order valence-corrected chi connectivity index (χ0v) is 7.78. The molecular weight excluding hydrogens is 158 g/mol. The summed E-state index contributed by atoms with van der Waals surface area (Å²) in [6.07, 6.45) is 11.7. The highest BCUT2D eigenvalue weighted by Crippen LogP contribution is 2.07. The zero-order valence-electron chi connectivity index (χ0n) is 6.96. The standard InChI is InChI=1S/C6H10.C3H7N.ClH/c1-2-4-6-5-3-1;1-2-3-4;/h1-2H,3-6H2;2H,1,3-4H2;1H. The summed E-state index contributed by atoms with van der Waals surface area (Å²) in [6.45, 7) is 3.94.